The van der Waals surface area contributed by atoms with Crippen molar-refractivity contribution in [1.29, 1.82) is 0 Å². The van der Waals surface area contributed by atoms with Gasteiger partial charge in [0.1, 0.15) is 0 Å². The smallest absolute Gasteiger partial charge is 0.0551 e. The summed E-state index contributed by atoms with van der Waals surface area (Å²) in [6, 6.07) is 6.53. The van der Waals surface area contributed by atoms with Crippen LogP contribution in [0.2, 0.25) is 5.02 Å². The number of rotatable bonds is 1. The van der Waals surface area contributed by atoms with E-state index >= 15 is 0 Å². The molecule has 14 heavy (non-hydrogen) atoms. The maximum absolute atomic E-state index is 6.06. The van der Waals surface area contributed by atoms with Crippen molar-refractivity contribution in [3.05, 3.63) is 33.3 Å². The van der Waals surface area contributed by atoms with Crippen molar-refractivity contribution in [3.8, 4) is 0 Å². The van der Waals surface area contributed by atoms with Gasteiger partial charge in [0.25, 0.3) is 0 Å². The molecule has 0 spiro atoms. The first-order chi connectivity index (χ1) is 6.79. The van der Waals surface area contributed by atoms with Crippen molar-refractivity contribution in [3.63, 3.8) is 0 Å². The summed E-state index contributed by atoms with van der Waals surface area (Å²) in [4.78, 5) is 0. The Bertz CT molecular complexity index is 321. The Morgan fingerprint density at radius 2 is 2.21 bits per heavy atom. The third kappa shape index (κ3) is 2.13. The maximum atomic E-state index is 6.06. The van der Waals surface area contributed by atoms with Crippen molar-refractivity contribution in [2.45, 2.75) is 25.3 Å². The molecule has 0 aliphatic carbocycles. The van der Waals surface area contributed by atoms with Crippen LogP contribution in [0.25, 0.3) is 0 Å². The molecule has 1 aromatic rings. The number of halogens is 2. The fourth-order valence-electron chi connectivity index (χ4n) is 1.91. The second-order valence-corrected chi connectivity index (χ2v) is 4.85. The molecule has 1 aromatic carbocycles. The normalized spacial score (nSPS) is 22.3. The minimum Gasteiger partial charge on any atom is -0.310 e. The highest BCUT2D eigenvalue weighted by atomic mass is 79.9. The van der Waals surface area contributed by atoms with Gasteiger partial charge in [-0.15, -0.1) is 0 Å². The van der Waals surface area contributed by atoms with Crippen LogP contribution in [0.15, 0.2) is 22.7 Å². The fourth-order valence-corrected chi connectivity index (χ4v) is 2.63. The molecule has 0 bridgehead atoms. The van der Waals surface area contributed by atoms with Gasteiger partial charge in [-0.3, -0.25) is 0 Å². The lowest BCUT2D eigenvalue weighted by molar-refractivity contribution is 0.411. The van der Waals surface area contributed by atoms with E-state index in [1.54, 1.807) is 0 Å². The number of hydrogen-bond donors (Lipinski definition) is 1. The first kappa shape index (κ1) is 10.5. The molecule has 1 atom stereocenters. The van der Waals surface area contributed by atoms with Crippen LogP contribution in [0, 0.1) is 0 Å². The quantitative estimate of drug-likeness (QED) is 0.818. The molecule has 1 fully saturated rings. The predicted octanol–water partition coefficient (Wildman–Crippen LogP) is 3.92. The summed E-state index contributed by atoms with van der Waals surface area (Å²) < 4.78 is 1.04. The van der Waals surface area contributed by atoms with Crippen LogP contribution in [0.4, 0.5) is 0 Å². The second-order valence-electron chi connectivity index (χ2n) is 3.65. The molecule has 0 amide bonds. The zero-order valence-electron chi connectivity index (χ0n) is 7.89. The summed E-state index contributed by atoms with van der Waals surface area (Å²) in [5.41, 5.74) is 1.29. The minimum absolute atomic E-state index is 0.469. The molecule has 3 heteroatoms. The maximum Gasteiger partial charge on any atom is 0.0551 e. The van der Waals surface area contributed by atoms with Gasteiger partial charge < -0.3 is 5.32 Å². The highest BCUT2D eigenvalue weighted by Gasteiger charge is 2.17. The standard InChI is InChI=1S/C11H13BrClN/c12-11-8(4-3-5-9(11)13)10-6-1-2-7-14-10/h3-5,10,14H,1-2,6-7H2/t10-/m0/s1. The molecular weight excluding hydrogens is 261 g/mol. The van der Waals surface area contributed by atoms with E-state index in [0.717, 1.165) is 16.0 Å². The van der Waals surface area contributed by atoms with E-state index in [1.165, 1.54) is 24.8 Å². The molecule has 1 aliphatic rings. The Balaban J connectivity index is 2.26. The molecule has 0 unspecified atom stereocenters. The number of piperidine rings is 1. The van der Waals surface area contributed by atoms with E-state index in [4.69, 9.17) is 11.6 Å². The van der Waals surface area contributed by atoms with Gasteiger partial charge >= 0.3 is 0 Å². The molecule has 1 N–H and O–H groups in total. The largest absolute Gasteiger partial charge is 0.310 e. The van der Waals surface area contributed by atoms with Crippen LogP contribution in [-0.4, -0.2) is 6.54 Å². The molecule has 0 aromatic heterocycles. The Morgan fingerprint density at radius 1 is 1.36 bits per heavy atom. The van der Waals surface area contributed by atoms with Crippen molar-refractivity contribution < 1.29 is 0 Å². The average molecular weight is 275 g/mol. The Hall–Kier alpha value is -0.0500. The SMILES string of the molecule is Clc1cccc([C@@H]2CCCCN2)c1Br. The van der Waals surface area contributed by atoms with Gasteiger partial charge in [0.2, 0.25) is 0 Å². The van der Waals surface area contributed by atoms with Gasteiger partial charge in [-0.2, -0.15) is 0 Å². The fraction of sp³-hybridized carbons (Fsp3) is 0.455. The molecule has 0 saturated carbocycles. The monoisotopic (exact) mass is 273 g/mol. The summed E-state index contributed by atoms with van der Waals surface area (Å²) in [6.07, 6.45) is 3.80. The van der Waals surface area contributed by atoms with Crippen LogP contribution in [0.1, 0.15) is 30.9 Å². The molecule has 0 radical (unpaired) electrons. The number of nitrogens with one attached hydrogen (secondary N) is 1. The van der Waals surface area contributed by atoms with Gasteiger partial charge in [-0.1, -0.05) is 30.2 Å². The van der Waals surface area contributed by atoms with Crippen LogP contribution < -0.4 is 5.32 Å². The van der Waals surface area contributed by atoms with Crippen molar-refractivity contribution in [1.82, 2.24) is 5.32 Å². The molecule has 2 rings (SSSR count). The minimum atomic E-state index is 0.469. The summed E-state index contributed by atoms with van der Waals surface area (Å²) in [7, 11) is 0. The van der Waals surface area contributed by atoms with E-state index in [1.807, 2.05) is 12.1 Å². The van der Waals surface area contributed by atoms with Gasteiger partial charge in [0.15, 0.2) is 0 Å². The topological polar surface area (TPSA) is 12.0 Å². The second kappa shape index (κ2) is 4.65. The highest BCUT2D eigenvalue weighted by molar-refractivity contribution is 9.10. The van der Waals surface area contributed by atoms with Gasteiger partial charge in [0.05, 0.1) is 5.02 Å². The van der Waals surface area contributed by atoms with Crippen LogP contribution >= 0.6 is 27.5 Å². The van der Waals surface area contributed by atoms with E-state index in [2.05, 4.69) is 27.3 Å². The lowest BCUT2D eigenvalue weighted by atomic mass is 9.98. The zero-order chi connectivity index (χ0) is 9.97. The third-order valence-corrected chi connectivity index (χ3v) is 4.10. The molecular formula is C11H13BrClN. The van der Waals surface area contributed by atoms with E-state index in [9.17, 15) is 0 Å². The zero-order valence-corrected chi connectivity index (χ0v) is 10.2. The first-order valence-corrected chi connectivity index (χ1v) is 6.13. The van der Waals surface area contributed by atoms with Crippen LogP contribution in [-0.2, 0) is 0 Å². The highest BCUT2D eigenvalue weighted by Crippen LogP contribution is 2.33. The van der Waals surface area contributed by atoms with Crippen molar-refractivity contribution in [2.75, 3.05) is 6.54 Å². The first-order valence-electron chi connectivity index (χ1n) is 4.96. The summed E-state index contributed by atoms with van der Waals surface area (Å²) >= 11 is 9.60. The van der Waals surface area contributed by atoms with E-state index in [-0.39, 0.29) is 0 Å². The third-order valence-electron chi connectivity index (χ3n) is 2.67. The van der Waals surface area contributed by atoms with Crippen LogP contribution in [0.5, 0.6) is 0 Å². The van der Waals surface area contributed by atoms with Gasteiger partial charge in [0, 0.05) is 10.5 Å². The summed E-state index contributed by atoms with van der Waals surface area (Å²) in [6.45, 7) is 1.11. The van der Waals surface area contributed by atoms with Gasteiger partial charge in [-0.05, 0) is 46.9 Å². The summed E-state index contributed by atoms with van der Waals surface area (Å²) in [5, 5.41) is 4.32. The van der Waals surface area contributed by atoms with E-state index in [0.29, 0.717) is 6.04 Å². The van der Waals surface area contributed by atoms with E-state index < -0.39 is 0 Å². The molecule has 1 nitrogen and oxygen atoms in total. The molecule has 1 aliphatic heterocycles. The van der Waals surface area contributed by atoms with Crippen LogP contribution in [0.3, 0.4) is 0 Å². The van der Waals surface area contributed by atoms with Gasteiger partial charge in [-0.25, -0.2) is 0 Å². The lowest BCUT2D eigenvalue weighted by Gasteiger charge is -2.25. The molecule has 1 heterocycles. The Morgan fingerprint density at radius 3 is 2.93 bits per heavy atom. The van der Waals surface area contributed by atoms with Crippen molar-refractivity contribution in [2.24, 2.45) is 0 Å². The lowest BCUT2D eigenvalue weighted by Crippen LogP contribution is -2.27. The average Bonchev–Trinajstić information content (AvgIpc) is 2.23. The summed E-state index contributed by atoms with van der Waals surface area (Å²) in [5.74, 6) is 0. The number of benzene rings is 1. The number of hydrogen-bond acceptors (Lipinski definition) is 1. The Kier molecular flexibility index (Phi) is 3.47. The van der Waals surface area contributed by atoms with Crippen molar-refractivity contribution >= 4 is 27.5 Å². The molecule has 76 valence electrons. The Labute approximate surface area is 98.0 Å². The predicted molar refractivity (Wildman–Crippen MR) is 63.7 cm³/mol. The molecule has 1 saturated heterocycles.